The molecule has 0 radical (unpaired) electrons. The predicted octanol–water partition coefficient (Wildman–Crippen LogP) is 6.69. The molecular formula is C30H59F5O14Si8. The number of hydrogen-bond acceptors (Lipinski definition) is 14. The molecule has 330 valence electrons. The van der Waals surface area contributed by atoms with E-state index < -0.39 is 111 Å². The molecule has 0 amide bonds. The van der Waals surface area contributed by atoms with E-state index in [1.54, 1.807) is 26.2 Å². The van der Waals surface area contributed by atoms with E-state index in [1.807, 2.05) is 43.4 Å². The highest BCUT2D eigenvalue weighted by atomic mass is 28.6. The van der Waals surface area contributed by atoms with Gasteiger partial charge in [-0.05, 0) is 43.8 Å². The minimum Gasteiger partial charge on any atom is -0.417 e. The van der Waals surface area contributed by atoms with Gasteiger partial charge in [0.05, 0.1) is 0 Å². The molecule has 0 bridgehead atoms. The molecule has 4 unspecified atom stereocenters. The zero-order valence-electron chi connectivity index (χ0n) is 33.4. The van der Waals surface area contributed by atoms with Crippen LogP contribution in [0.5, 0.6) is 0 Å². The lowest BCUT2D eigenvalue weighted by atomic mass is 10.1. The van der Waals surface area contributed by atoms with Gasteiger partial charge in [-0.1, -0.05) is 45.2 Å². The van der Waals surface area contributed by atoms with E-state index in [-0.39, 0.29) is 20.9 Å². The molecule has 2 aromatic rings. The van der Waals surface area contributed by atoms with Crippen LogP contribution in [0.25, 0.3) is 0 Å². The molecule has 2 aromatic carbocycles. The molecule has 3 rings (SSSR count). The van der Waals surface area contributed by atoms with Crippen LogP contribution < -0.4 is 5.19 Å². The first kappa shape index (κ1) is 54.3. The molecule has 1 heterocycles. The first-order valence-corrected chi connectivity index (χ1v) is 34.9. The van der Waals surface area contributed by atoms with Crippen LogP contribution in [-0.2, 0) is 65.9 Å². The lowest BCUT2D eigenvalue weighted by Crippen LogP contribution is -2.73. The van der Waals surface area contributed by atoms with Gasteiger partial charge in [0.2, 0.25) is 14.1 Å². The zero-order valence-corrected chi connectivity index (χ0v) is 41.4. The van der Waals surface area contributed by atoms with Crippen molar-refractivity contribution in [3.63, 3.8) is 0 Å². The summed E-state index contributed by atoms with van der Waals surface area (Å²) in [6.07, 6.45) is -0.579. The summed E-state index contributed by atoms with van der Waals surface area (Å²) in [5, 5.41) is 0.915. The number of benzene rings is 2. The molecule has 27 heteroatoms. The van der Waals surface area contributed by atoms with Crippen LogP contribution in [0.4, 0.5) is 22.0 Å². The van der Waals surface area contributed by atoms with E-state index in [4.69, 9.17) is 59.5 Å². The Labute approximate surface area is 342 Å². The zero-order chi connectivity index (χ0) is 41.9. The Bertz CT molecular complexity index is 1590. The maximum absolute atomic E-state index is 14.7. The Morgan fingerprint density at radius 2 is 0.860 bits per heavy atom. The maximum Gasteiger partial charge on any atom is 0.665 e. The van der Waals surface area contributed by atoms with E-state index in [0.29, 0.717) is 0 Å². The minimum atomic E-state index is -4.58. The van der Waals surface area contributed by atoms with E-state index in [2.05, 4.69) is 0 Å². The van der Waals surface area contributed by atoms with Gasteiger partial charge in [-0.25, -0.2) is 22.0 Å². The highest BCUT2D eigenvalue weighted by Crippen LogP contribution is 2.36. The van der Waals surface area contributed by atoms with Gasteiger partial charge in [0.25, 0.3) is 0 Å². The van der Waals surface area contributed by atoms with Crippen molar-refractivity contribution < 1.29 is 81.4 Å². The lowest BCUT2D eigenvalue weighted by Gasteiger charge is -2.47. The van der Waals surface area contributed by atoms with Crippen LogP contribution >= 0.6 is 0 Å². The van der Waals surface area contributed by atoms with Crippen LogP contribution in [0.15, 0.2) is 30.3 Å². The number of hydrogen-bond donors (Lipinski definition) is 0. The number of rotatable bonds is 14. The number of halogens is 5. The molecule has 0 N–H and O–H groups in total. The average Bonchev–Trinajstić information content (AvgIpc) is 3.11. The van der Waals surface area contributed by atoms with Gasteiger partial charge in [-0.3, -0.25) is 0 Å². The highest BCUT2D eigenvalue weighted by molar-refractivity contribution is 6.94. The summed E-state index contributed by atoms with van der Waals surface area (Å²) >= 11 is 0. The Morgan fingerprint density at radius 1 is 0.491 bits per heavy atom. The van der Waals surface area contributed by atoms with Gasteiger partial charge in [0.15, 0.2) is 31.6 Å². The van der Waals surface area contributed by atoms with E-state index in [1.165, 1.54) is 55.8 Å². The fourth-order valence-electron chi connectivity index (χ4n) is 5.70. The normalized spacial score (nSPS) is 27.1. The molecular weight excluding hydrogens is 904 g/mol. The molecule has 1 aliphatic rings. The van der Waals surface area contributed by atoms with Crippen molar-refractivity contribution in [1.82, 2.24) is 0 Å². The lowest BCUT2D eigenvalue weighted by molar-refractivity contribution is -0.0224. The Kier molecular flexibility index (Phi) is 19.4. The summed E-state index contributed by atoms with van der Waals surface area (Å²) in [7, 11) is -23.9. The average molecular weight is 963 g/mol. The molecule has 1 fully saturated rings. The van der Waals surface area contributed by atoms with Crippen LogP contribution in [0.3, 0.4) is 0 Å². The summed E-state index contributed by atoms with van der Waals surface area (Å²) in [4.78, 5) is 0. The van der Waals surface area contributed by atoms with Crippen molar-refractivity contribution >= 4 is 75.1 Å². The second kappa shape index (κ2) is 20.4. The quantitative estimate of drug-likeness (QED) is 0.0864. The molecule has 14 nitrogen and oxygen atoms in total. The predicted molar refractivity (Wildman–Crippen MR) is 218 cm³/mol. The Morgan fingerprint density at radius 3 is 1.25 bits per heavy atom. The highest BCUT2D eigenvalue weighted by Gasteiger charge is 2.69. The summed E-state index contributed by atoms with van der Waals surface area (Å²) in [5.74, 6) is -10.2. The van der Waals surface area contributed by atoms with Gasteiger partial charge in [-0.2, -0.15) is 0 Å². The summed E-state index contributed by atoms with van der Waals surface area (Å²) < 4.78 is 159. The molecule has 4 atom stereocenters. The minimum absolute atomic E-state index is 0. The molecule has 0 aliphatic carbocycles. The van der Waals surface area contributed by atoms with Crippen molar-refractivity contribution in [3.8, 4) is 0 Å². The first-order chi connectivity index (χ1) is 25.3. The van der Waals surface area contributed by atoms with Gasteiger partial charge >= 0.3 is 53.3 Å². The second-order valence-corrected chi connectivity index (χ2v) is 39.2. The van der Waals surface area contributed by atoms with E-state index >= 15 is 0 Å². The van der Waals surface area contributed by atoms with Crippen molar-refractivity contribution in [1.29, 1.82) is 0 Å². The standard InChI is InChI=1S/C28H51F5O14Si8.2CH4/c1-34-50(11)42-51(12,35-2)44-53(14,41-49(9,10)22-18-16-15-17-19-22)46-55(38-5,39-6)47-54(36-3,37-4)45-52(13,43-50)40-48(7,8)21-20-23-24(29)26(31)28(33)27(32)25(23)30;;/h15-19H,20-21H2,1-14H3;2*1H4. The molecule has 0 spiro atoms. The van der Waals surface area contributed by atoms with E-state index in [0.717, 1.165) is 5.19 Å². The third kappa shape index (κ3) is 13.1. The molecule has 0 saturated carbocycles. The molecule has 1 aliphatic heterocycles. The van der Waals surface area contributed by atoms with Crippen molar-refractivity contribution in [2.75, 3.05) is 42.7 Å². The fraction of sp³-hybridized carbons (Fsp3) is 0.600. The van der Waals surface area contributed by atoms with Crippen LogP contribution in [0.1, 0.15) is 20.4 Å². The molecule has 1 saturated heterocycles. The smallest absolute Gasteiger partial charge is 0.417 e. The van der Waals surface area contributed by atoms with Crippen LogP contribution in [-0.4, -0.2) is 113 Å². The van der Waals surface area contributed by atoms with Crippen LogP contribution in [0.2, 0.25) is 58.4 Å². The van der Waals surface area contributed by atoms with Crippen molar-refractivity contribution in [2.45, 2.75) is 79.7 Å². The summed E-state index contributed by atoms with van der Waals surface area (Å²) in [5.41, 5.74) is -0.992. The Hall–Kier alpha value is -0.735. The Balaban J connectivity index is 0.00000812. The van der Waals surface area contributed by atoms with Crippen molar-refractivity contribution in [3.05, 3.63) is 65.0 Å². The third-order valence-corrected chi connectivity index (χ3v) is 38.1. The van der Waals surface area contributed by atoms with E-state index in [9.17, 15) is 22.0 Å². The fourth-order valence-corrected chi connectivity index (χ4v) is 38.8. The topological polar surface area (TPSA) is 129 Å². The van der Waals surface area contributed by atoms with Crippen LogP contribution in [0, 0.1) is 29.1 Å². The third-order valence-electron chi connectivity index (χ3n) is 8.37. The summed E-state index contributed by atoms with van der Waals surface area (Å²) in [6.45, 7) is 13.4. The molecule has 57 heavy (non-hydrogen) atoms. The van der Waals surface area contributed by atoms with Crippen molar-refractivity contribution in [2.24, 2.45) is 0 Å². The monoisotopic (exact) mass is 962 g/mol. The molecule has 0 aromatic heterocycles. The van der Waals surface area contributed by atoms with Gasteiger partial charge < -0.3 is 59.5 Å². The van der Waals surface area contributed by atoms with Gasteiger partial charge in [0, 0.05) is 74.4 Å². The first-order valence-electron chi connectivity index (χ1n) is 16.8. The summed E-state index contributed by atoms with van der Waals surface area (Å²) in [6, 6.07) is 9.35. The maximum atomic E-state index is 14.7. The van der Waals surface area contributed by atoms with Gasteiger partial charge in [0.1, 0.15) is 0 Å². The SMILES string of the molecule is C.C.CO[Si]1(C)O[Si](C)(OC)O[Si](C)(O[Si](C)(C)c2ccccc2)O[Si](OC)(OC)O[Si](OC)(OC)O[Si](C)(O[Si](C)(C)CCc2c(F)c(F)c(F)c(F)c2F)O1. The second-order valence-electron chi connectivity index (χ2n) is 13.7. The largest absolute Gasteiger partial charge is 0.665 e. The van der Waals surface area contributed by atoms with Gasteiger partial charge in [-0.15, -0.1) is 0 Å².